The fourth-order valence-electron chi connectivity index (χ4n) is 3.65. The molecule has 0 aliphatic rings. The molecule has 0 aliphatic carbocycles. The standard InChI is InChI=1S/C23H35O3PSi/c1-5-15-23(20-28(24-6-2,25-7-3)26-8-4)27(21-16-11-9-12-17-21)22-18-13-10-14-19-22/h9-14,16-19,23H,5-8,15,20H2,1-4H3. The van der Waals surface area contributed by atoms with E-state index in [1.54, 1.807) is 0 Å². The van der Waals surface area contributed by atoms with Gasteiger partial charge >= 0.3 is 8.80 Å². The fourth-order valence-corrected chi connectivity index (χ4v) is 10.4. The lowest BCUT2D eigenvalue weighted by Gasteiger charge is -2.35. The summed E-state index contributed by atoms with van der Waals surface area (Å²) >= 11 is 0. The van der Waals surface area contributed by atoms with E-state index >= 15 is 0 Å². The van der Waals surface area contributed by atoms with Crippen LogP contribution in [0.15, 0.2) is 60.7 Å². The third-order valence-electron chi connectivity index (χ3n) is 4.63. The molecule has 0 fully saturated rings. The van der Waals surface area contributed by atoms with Crippen LogP contribution in [0.2, 0.25) is 6.04 Å². The van der Waals surface area contributed by atoms with Gasteiger partial charge in [-0.05, 0) is 51.4 Å². The molecule has 1 unspecified atom stereocenters. The molecule has 0 spiro atoms. The second-order valence-electron chi connectivity index (χ2n) is 6.67. The van der Waals surface area contributed by atoms with E-state index in [4.69, 9.17) is 13.3 Å². The molecule has 28 heavy (non-hydrogen) atoms. The van der Waals surface area contributed by atoms with Crippen LogP contribution in [0.5, 0.6) is 0 Å². The second kappa shape index (κ2) is 12.5. The van der Waals surface area contributed by atoms with E-state index in [-0.39, 0.29) is 0 Å². The van der Waals surface area contributed by atoms with Crippen LogP contribution in [0.4, 0.5) is 0 Å². The molecule has 0 saturated carbocycles. The van der Waals surface area contributed by atoms with Crippen molar-refractivity contribution in [3.63, 3.8) is 0 Å². The van der Waals surface area contributed by atoms with Gasteiger partial charge in [0.15, 0.2) is 0 Å². The molecule has 2 aromatic carbocycles. The molecule has 0 amide bonds. The van der Waals surface area contributed by atoms with Crippen LogP contribution in [0.3, 0.4) is 0 Å². The zero-order chi connectivity index (χ0) is 20.2. The minimum Gasteiger partial charge on any atom is -0.374 e. The molecule has 0 aliphatic heterocycles. The summed E-state index contributed by atoms with van der Waals surface area (Å²) in [6.45, 7) is 10.2. The summed E-state index contributed by atoms with van der Waals surface area (Å²) in [6.07, 6.45) is 2.27. The lowest BCUT2D eigenvalue weighted by molar-refractivity contribution is 0.0710. The van der Waals surface area contributed by atoms with E-state index in [1.165, 1.54) is 10.6 Å². The molecule has 5 heteroatoms. The van der Waals surface area contributed by atoms with E-state index in [2.05, 4.69) is 67.6 Å². The van der Waals surface area contributed by atoms with Gasteiger partial charge in [-0.3, -0.25) is 0 Å². The minimum absolute atomic E-state index is 0.459. The van der Waals surface area contributed by atoms with Gasteiger partial charge in [-0.15, -0.1) is 0 Å². The summed E-state index contributed by atoms with van der Waals surface area (Å²) in [6, 6.07) is 22.7. The van der Waals surface area contributed by atoms with Gasteiger partial charge in [-0.2, -0.15) is 0 Å². The molecule has 0 heterocycles. The van der Waals surface area contributed by atoms with Gasteiger partial charge in [0.1, 0.15) is 0 Å². The molecule has 0 bridgehead atoms. The summed E-state index contributed by atoms with van der Waals surface area (Å²) in [7, 11) is -3.23. The van der Waals surface area contributed by atoms with Gasteiger partial charge in [-0.25, -0.2) is 0 Å². The van der Waals surface area contributed by atoms with Crippen LogP contribution in [0, 0.1) is 0 Å². The van der Waals surface area contributed by atoms with Gasteiger partial charge in [0, 0.05) is 25.9 Å². The molecule has 1 atom stereocenters. The van der Waals surface area contributed by atoms with E-state index in [0.717, 1.165) is 18.9 Å². The maximum atomic E-state index is 6.21. The topological polar surface area (TPSA) is 27.7 Å². The Morgan fingerprint density at radius 1 is 0.714 bits per heavy atom. The van der Waals surface area contributed by atoms with Crippen molar-refractivity contribution < 1.29 is 13.3 Å². The molecule has 0 N–H and O–H groups in total. The monoisotopic (exact) mass is 418 g/mol. The van der Waals surface area contributed by atoms with Gasteiger partial charge < -0.3 is 13.3 Å². The predicted octanol–water partition coefficient (Wildman–Crippen LogP) is 5.34. The first-order chi connectivity index (χ1) is 13.7. The smallest absolute Gasteiger partial charge is 0.374 e. The summed E-state index contributed by atoms with van der Waals surface area (Å²) in [5, 5.41) is 2.82. The van der Waals surface area contributed by atoms with Gasteiger partial charge in [-0.1, -0.05) is 74.0 Å². The lowest BCUT2D eigenvalue weighted by Crippen LogP contribution is -2.48. The third-order valence-corrected chi connectivity index (χ3v) is 11.0. The molecule has 3 nitrogen and oxygen atoms in total. The first-order valence-electron chi connectivity index (χ1n) is 10.5. The van der Waals surface area contributed by atoms with Crippen LogP contribution in [-0.4, -0.2) is 34.3 Å². The average Bonchev–Trinajstić information content (AvgIpc) is 2.71. The fraction of sp³-hybridized carbons (Fsp3) is 0.478. The van der Waals surface area contributed by atoms with Crippen molar-refractivity contribution in [1.82, 2.24) is 0 Å². The van der Waals surface area contributed by atoms with E-state index < -0.39 is 16.7 Å². The Hall–Kier alpha value is -1.03. The highest BCUT2D eigenvalue weighted by Gasteiger charge is 2.44. The molecule has 0 saturated heterocycles. The maximum absolute atomic E-state index is 6.21. The molecule has 0 radical (unpaired) electrons. The minimum atomic E-state index is -2.71. The van der Waals surface area contributed by atoms with Crippen molar-refractivity contribution in [2.45, 2.75) is 52.2 Å². The van der Waals surface area contributed by atoms with Crippen molar-refractivity contribution in [1.29, 1.82) is 0 Å². The Kier molecular flexibility index (Phi) is 10.4. The van der Waals surface area contributed by atoms with Crippen molar-refractivity contribution in [2.24, 2.45) is 0 Å². The van der Waals surface area contributed by atoms with E-state index in [0.29, 0.717) is 25.5 Å². The van der Waals surface area contributed by atoms with Gasteiger partial charge in [0.25, 0.3) is 0 Å². The van der Waals surface area contributed by atoms with E-state index in [1.807, 2.05) is 20.8 Å². The Balaban J connectivity index is 2.45. The average molecular weight is 419 g/mol. The van der Waals surface area contributed by atoms with Crippen molar-refractivity contribution >= 4 is 27.3 Å². The summed E-state index contributed by atoms with van der Waals surface area (Å²) in [5.41, 5.74) is 0.459. The summed E-state index contributed by atoms with van der Waals surface area (Å²) in [4.78, 5) is 0. The Bertz CT molecular complexity index is 597. The SMILES string of the molecule is CCCC(C[Si](OCC)(OCC)OCC)P(c1ccccc1)c1ccccc1. The molecule has 154 valence electrons. The summed E-state index contributed by atoms with van der Waals surface area (Å²) in [5.74, 6) is 0. The Morgan fingerprint density at radius 3 is 1.50 bits per heavy atom. The highest BCUT2D eigenvalue weighted by Crippen LogP contribution is 2.45. The normalized spacial score (nSPS) is 13.0. The number of hydrogen-bond acceptors (Lipinski definition) is 3. The quantitative estimate of drug-likeness (QED) is 0.325. The number of hydrogen-bond donors (Lipinski definition) is 0. The van der Waals surface area contributed by atoms with Crippen LogP contribution >= 0.6 is 7.92 Å². The molecular weight excluding hydrogens is 383 g/mol. The van der Waals surface area contributed by atoms with Crippen LogP contribution < -0.4 is 10.6 Å². The largest absolute Gasteiger partial charge is 0.501 e. The highest BCUT2D eigenvalue weighted by molar-refractivity contribution is 7.73. The van der Waals surface area contributed by atoms with Crippen molar-refractivity contribution in [3.05, 3.63) is 60.7 Å². The lowest BCUT2D eigenvalue weighted by atomic mass is 10.3. The first kappa shape index (κ1) is 23.2. The van der Waals surface area contributed by atoms with Crippen molar-refractivity contribution in [2.75, 3.05) is 19.8 Å². The zero-order valence-corrected chi connectivity index (χ0v) is 19.7. The molecule has 2 aromatic rings. The predicted molar refractivity (Wildman–Crippen MR) is 123 cm³/mol. The third kappa shape index (κ3) is 6.50. The maximum Gasteiger partial charge on any atom is 0.501 e. The van der Waals surface area contributed by atoms with Gasteiger partial charge in [0.2, 0.25) is 0 Å². The zero-order valence-electron chi connectivity index (χ0n) is 17.8. The van der Waals surface area contributed by atoms with E-state index in [9.17, 15) is 0 Å². The Labute approximate surface area is 173 Å². The van der Waals surface area contributed by atoms with Gasteiger partial charge in [0.05, 0.1) is 0 Å². The second-order valence-corrected chi connectivity index (χ2v) is 11.8. The number of rotatable bonds is 13. The van der Waals surface area contributed by atoms with Crippen LogP contribution in [-0.2, 0) is 13.3 Å². The Morgan fingerprint density at radius 2 is 1.14 bits per heavy atom. The summed E-state index contributed by atoms with van der Waals surface area (Å²) < 4.78 is 18.6. The number of benzene rings is 2. The molecule has 2 rings (SSSR count). The molecule has 0 aromatic heterocycles. The first-order valence-corrected chi connectivity index (χ1v) is 13.8. The van der Waals surface area contributed by atoms with Crippen molar-refractivity contribution in [3.8, 4) is 0 Å². The molecular formula is C23H35O3PSi. The highest BCUT2D eigenvalue weighted by atomic mass is 31.1. The van der Waals surface area contributed by atoms with Crippen LogP contribution in [0.25, 0.3) is 0 Å². The van der Waals surface area contributed by atoms with Crippen LogP contribution in [0.1, 0.15) is 40.5 Å².